The lowest BCUT2D eigenvalue weighted by atomic mass is 9.96. The fraction of sp³-hybridized carbons (Fsp3) is 0.727. The number of rotatable bonds is 36. The predicted molar refractivity (Wildman–Crippen MR) is 277 cm³/mol. The Labute approximate surface area is 438 Å². The van der Waals surface area contributed by atoms with E-state index in [0.29, 0.717) is 12.8 Å². The molecule has 0 spiro atoms. The molecular formula is C55H91NO18. The van der Waals surface area contributed by atoms with Gasteiger partial charge in [0.2, 0.25) is 5.91 Å². The third kappa shape index (κ3) is 23.3. The molecule has 3 aliphatic heterocycles. The van der Waals surface area contributed by atoms with E-state index >= 15 is 0 Å². The van der Waals surface area contributed by atoms with Gasteiger partial charge >= 0.3 is 0 Å². The van der Waals surface area contributed by atoms with Gasteiger partial charge in [-0.15, -0.1) is 0 Å². The van der Waals surface area contributed by atoms with Crippen molar-refractivity contribution in [1.29, 1.82) is 0 Å². The van der Waals surface area contributed by atoms with E-state index in [9.17, 15) is 61.0 Å². The number of unbranched alkanes of at least 4 members (excludes halogenated alkanes) is 8. The quantitative estimate of drug-likeness (QED) is 0.0317. The minimum atomic E-state index is -1.98. The smallest absolute Gasteiger partial charge is 0.220 e. The number of hydrogen-bond acceptors (Lipinski definition) is 18. The molecule has 1 amide bonds. The maximum Gasteiger partial charge on any atom is 0.220 e. The lowest BCUT2D eigenvalue weighted by Gasteiger charge is -2.48. The molecule has 0 aliphatic carbocycles. The summed E-state index contributed by atoms with van der Waals surface area (Å²) in [5.41, 5.74) is 0. The van der Waals surface area contributed by atoms with Crippen LogP contribution in [0.1, 0.15) is 123 Å². The van der Waals surface area contributed by atoms with Gasteiger partial charge in [0.05, 0.1) is 38.6 Å². The Bertz CT molecular complexity index is 1690. The second-order valence-corrected chi connectivity index (χ2v) is 18.9. The Morgan fingerprint density at radius 3 is 1.51 bits per heavy atom. The average molecular weight is 1050 g/mol. The van der Waals surface area contributed by atoms with Crippen LogP contribution in [0.15, 0.2) is 85.1 Å². The van der Waals surface area contributed by atoms with Crippen molar-refractivity contribution in [2.75, 3.05) is 26.4 Å². The fourth-order valence-corrected chi connectivity index (χ4v) is 8.45. The summed E-state index contributed by atoms with van der Waals surface area (Å²) in [7, 11) is 0. The number of aliphatic hydroxyl groups is 11. The SMILES string of the molecule is CC/C=C\C/C=C\C/C=C\C/C=C\C/C=C\CCCCCCCC(=O)NC(COC1OC(CO)C(OC2OC(CO)C(OC3OC(CO)C(O)C(O)C3O)C(O)C2O)C(O)C1O)C(O)/C=C/CC/C=C/CCCC. The van der Waals surface area contributed by atoms with Crippen LogP contribution in [0, 0.1) is 0 Å². The molecule has 0 aromatic carbocycles. The number of carbonyl (C=O) groups is 1. The molecule has 3 rings (SSSR count). The van der Waals surface area contributed by atoms with Crippen LogP contribution in [-0.2, 0) is 33.2 Å². The Kier molecular flexibility index (Phi) is 34.0. The number of ether oxygens (including phenoxy) is 6. The molecule has 0 aromatic heterocycles. The van der Waals surface area contributed by atoms with E-state index in [-0.39, 0.29) is 18.9 Å². The zero-order valence-electron chi connectivity index (χ0n) is 43.5. The molecule has 0 aromatic rings. The number of carbonyl (C=O) groups excluding carboxylic acids is 1. The Morgan fingerprint density at radius 1 is 0.500 bits per heavy atom. The van der Waals surface area contributed by atoms with Crippen molar-refractivity contribution in [1.82, 2.24) is 5.32 Å². The molecule has 17 unspecified atom stereocenters. The summed E-state index contributed by atoms with van der Waals surface area (Å²) >= 11 is 0. The summed E-state index contributed by atoms with van der Waals surface area (Å²) in [5, 5.41) is 119. The number of aliphatic hydroxyl groups excluding tert-OH is 11. The largest absolute Gasteiger partial charge is 0.394 e. The lowest BCUT2D eigenvalue weighted by molar-refractivity contribution is -0.379. The topological polar surface area (TPSA) is 307 Å². The maximum absolute atomic E-state index is 13.2. The van der Waals surface area contributed by atoms with Gasteiger partial charge < -0.3 is 89.9 Å². The van der Waals surface area contributed by atoms with Crippen molar-refractivity contribution >= 4 is 5.91 Å². The molecule has 74 heavy (non-hydrogen) atoms. The van der Waals surface area contributed by atoms with E-state index in [0.717, 1.165) is 89.9 Å². The third-order valence-corrected chi connectivity index (χ3v) is 12.9. The first-order valence-electron chi connectivity index (χ1n) is 26.8. The highest BCUT2D eigenvalue weighted by atomic mass is 16.8. The standard InChI is InChI=1S/C55H91NO18/c1-3-5-7-9-11-13-14-15-16-17-18-19-20-21-22-23-24-25-27-29-31-33-43(61)56-38(39(60)32-30-28-26-12-10-8-6-4-2)37-69-53-49(67)46(64)51(41(35-58)71-53)74-55-50(68)47(65)52(42(36-59)72-55)73-54-48(66)45(63)44(62)40(34-57)70-54/h5,7,10-13,15-16,18-19,21-22,30,32,38-42,44-55,57-60,62-68H,3-4,6,8-9,14,17,20,23-29,31,33-37H2,1-2H3,(H,56,61)/b7-5-,12-10+,13-11-,16-15-,19-18-,22-21-,32-30+. The van der Waals surface area contributed by atoms with Crippen LogP contribution >= 0.6 is 0 Å². The number of hydrogen-bond donors (Lipinski definition) is 12. The summed E-state index contributed by atoms with van der Waals surface area (Å²) < 4.78 is 34.0. The molecule has 19 nitrogen and oxygen atoms in total. The highest BCUT2D eigenvalue weighted by Crippen LogP contribution is 2.33. The molecule has 424 valence electrons. The van der Waals surface area contributed by atoms with E-state index in [1.54, 1.807) is 12.2 Å². The number of amides is 1. The Hall–Kier alpha value is -3.03. The molecule has 0 bridgehead atoms. The highest BCUT2D eigenvalue weighted by Gasteiger charge is 2.53. The van der Waals surface area contributed by atoms with Gasteiger partial charge in [0.15, 0.2) is 18.9 Å². The van der Waals surface area contributed by atoms with E-state index in [1.165, 1.54) is 0 Å². The first kappa shape index (κ1) is 65.3. The summed E-state index contributed by atoms with van der Waals surface area (Å²) in [6.07, 6.45) is 17.5. The normalized spacial score (nSPS) is 32.1. The lowest BCUT2D eigenvalue weighted by Crippen LogP contribution is -2.66. The summed E-state index contributed by atoms with van der Waals surface area (Å²) in [5.74, 6) is -0.314. The third-order valence-electron chi connectivity index (χ3n) is 12.9. The minimum Gasteiger partial charge on any atom is -0.394 e. The van der Waals surface area contributed by atoms with Gasteiger partial charge in [-0.05, 0) is 70.6 Å². The van der Waals surface area contributed by atoms with Gasteiger partial charge in [-0.25, -0.2) is 0 Å². The Balaban J connectivity index is 1.50. The summed E-state index contributed by atoms with van der Waals surface area (Å²) in [4.78, 5) is 13.2. The van der Waals surface area contributed by atoms with Crippen LogP contribution in [0.2, 0.25) is 0 Å². The van der Waals surface area contributed by atoms with Crippen LogP contribution in [0.25, 0.3) is 0 Å². The van der Waals surface area contributed by atoms with Gasteiger partial charge in [-0.2, -0.15) is 0 Å². The first-order chi connectivity index (χ1) is 35.8. The fourth-order valence-electron chi connectivity index (χ4n) is 8.45. The van der Waals surface area contributed by atoms with Crippen molar-refractivity contribution in [3.63, 3.8) is 0 Å². The van der Waals surface area contributed by atoms with Gasteiger partial charge in [0, 0.05) is 6.42 Å². The van der Waals surface area contributed by atoms with Crippen LogP contribution in [0.3, 0.4) is 0 Å². The van der Waals surface area contributed by atoms with Crippen LogP contribution in [0.5, 0.6) is 0 Å². The van der Waals surface area contributed by atoms with Crippen molar-refractivity contribution < 1.29 is 89.4 Å². The summed E-state index contributed by atoms with van der Waals surface area (Å²) in [6.45, 7) is 1.43. The summed E-state index contributed by atoms with van der Waals surface area (Å²) in [6, 6.07) is -1.00. The van der Waals surface area contributed by atoms with E-state index in [4.69, 9.17) is 28.4 Å². The second-order valence-electron chi connectivity index (χ2n) is 18.9. The predicted octanol–water partition coefficient (Wildman–Crippen LogP) is 2.86. The van der Waals surface area contributed by atoms with E-state index in [2.05, 4.69) is 92.1 Å². The molecule has 0 radical (unpaired) electrons. The van der Waals surface area contributed by atoms with Crippen molar-refractivity contribution in [2.24, 2.45) is 0 Å². The maximum atomic E-state index is 13.2. The number of allylic oxidation sites excluding steroid dienone is 13. The molecule has 17 atom stereocenters. The van der Waals surface area contributed by atoms with Gasteiger partial charge in [0.1, 0.15) is 73.2 Å². The monoisotopic (exact) mass is 1050 g/mol. The highest BCUT2D eigenvalue weighted by molar-refractivity contribution is 5.76. The molecule has 3 heterocycles. The zero-order chi connectivity index (χ0) is 54.1. The van der Waals surface area contributed by atoms with Crippen LogP contribution < -0.4 is 5.32 Å². The Morgan fingerprint density at radius 2 is 0.946 bits per heavy atom. The molecule has 3 saturated heterocycles. The molecule has 0 saturated carbocycles. The number of nitrogens with one attached hydrogen (secondary N) is 1. The molecule has 19 heteroatoms. The van der Waals surface area contributed by atoms with Crippen LogP contribution in [-0.4, -0.2) is 193 Å². The first-order valence-corrected chi connectivity index (χ1v) is 26.8. The van der Waals surface area contributed by atoms with E-state index < -0.39 is 124 Å². The second kappa shape index (κ2) is 38.5. The van der Waals surface area contributed by atoms with E-state index in [1.807, 2.05) is 0 Å². The van der Waals surface area contributed by atoms with Crippen molar-refractivity contribution in [3.05, 3.63) is 85.1 Å². The molecule has 3 fully saturated rings. The minimum absolute atomic E-state index is 0.207. The van der Waals surface area contributed by atoms with Gasteiger partial charge in [0.25, 0.3) is 0 Å². The zero-order valence-corrected chi connectivity index (χ0v) is 43.5. The van der Waals surface area contributed by atoms with Gasteiger partial charge in [-0.1, -0.05) is 131 Å². The van der Waals surface area contributed by atoms with Crippen molar-refractivity contribution in [2.45, 2.75) is 227 Å². The van der Waals surface area contributed by atoms with Gasteiger partial charge in [-0.3, -0.25) is 4.79 Å². The molecule has 3 aliphatic rings. The molecule has 12 N–H and O–H groups in total. The van der Waals surface area contributed by atoms with Crippen LogP contribution in [0.4, 0.5) is 0 Å². The van der Waals surface area contributed by atoms with Crippen molar-refractivity contribution in [3.8, 4) is 0 Å². The average Bonchev–Trinajstić information content (AvgIpc) is 3.40. The molecular weight excluding hydrogens is 963 g/mol.